The van der Waals surface area contributed by atoms with Crippen molar-refractivity contribution < 1.29 is 14.3 Å². The van der Waals surface area contributed by atoms with Crippen LogP contribution < -0.4 is 5.32 Å². The summed E-state index contributed by atoms with van der Waals surface area (Å²) in [4.78, 5) is 25.1. The normalized spacial score (nSPS) is 12.1. The fourth-order valence-corrected chi connectivity index (χ4v) is 1.88. The van der Waals surface area contributed by atoms with Crippen LogP contribution in [0.25, 0.3) is 0 Å². The monoisotopic (exact) mass is 332 g/mol. The fourth-order valence-electron chi connectivity index (χ4n) is 1.58. The first-order valence-electron chi connectivity index (χ1n) is 6.47. The molecule has 7 heteroatoms. The van der Waals surface area contributed by atoms with Crippen molar-refractivity contribution in [3.63, 3.8) is 0 Å². The van der Waals surface area contributed by atoms with Crippen LogP contribution in [0.15, 0.2) is 18.2 Å². The highest BCUT2D eigenvalue weighted by Crippen LogP contribution is 2.24. The highest BCUT2D eigenvalue weighted by Gasteiger charge is 2.21. The minimum atomic E-state index is -0.496. The molecule has 116 valence electrons. The van der Waals surface area contributed by atoms with Crippen LogP contribution in [0.4, 0.5) is 5.69 Å². The maximum absolute atomic E-state index is 11.9. The maximum Gasteiger partial charge on any atom is 0.323 e. The van der Waals surface area contributed by atoms with Gasteiger partial charge in [0.25, 0.3) is 0 Å². The number of amides is 1. The SMILES string of the molecule is CCOC(=O)C(C)N(C)CC(=O)Nc1ccc(Cl)c(Cl)c1. The van der Waals surface area contributed by atoms with Crippen molar-refractivity contribution in [1.82, 2.24) is 4.90 Å². The van der Waals surface area contributed by atoms with E-state index >= 15 is 0 Å². The summed E-state index contributed by atoms with van der Waals surface area (Å²) in [5.74, 6) is -0.616. The van der Waals surface area contributed by atoms with Crippen molar-refractivity contribution in [3.8, 4) is 0 Å². The lowest BCUT2D eigenvalue weighted by Gasteiger charge is -2.22. The number of benzene rings is 1. The molecule has 0 bridgehead atoms. The van der Waals surface area contributed by atoms with Gasteiger partial charge in [0.05, 0.1) is 23.2 Å². The number of carbonyl (C=O) groups is 2. The lowest BCUT2D eigenvalue weighted by atomic mass is 10.3. The number of nitrogens with zero attached hydrogens (tertiary/aromatic N) is 1. The Morgan fingerprint density at radius 1 is 1.33 bits per heavy atom. The highest BCUT2D eigenvalue weighted by molar-refractivity contribution is 6.42. The van der Waals surface area contributed by atoms with E-state index in [-0.39, 0.29) is 18.4 Å². The molecule has 0 aliphatic rings. The average Bonchev–Trinajstić information content (AvgIpc) is 2.42. The van der Waals surface area contributed by atoms with E-state index in [2.05, 4.69) is 5.32 Å². The molecule has 0 aromatic heterocycles. The van der Waals surface area contributed by atoms with Crippen LogP contribution >= 0.6 is 23.2 Å². The van der Waals surface area contributed by atoms with Crippen molar-refractivity contribution in [3.05, 3.63) is 28.2 Å². The van der Waals surface area contributed by atoms with Crippen LogP contribution in [-0.2, 0) is 14.3 Å². The Morgan fingerprint density at radius 3 is 2.57 bits per heavy atom. The lowest BCUT2D eigenvalue weighted by molar-refractivity contribution is -0.148. The molecule has 1 N–H and O–H groups in total. The largest absolute Gasteiger partial charge is 0.465 e. The number of anilines is 1. The molecular formula is C14H18Cl2N2O3. The number of carbonyl (C=O) groups excluding carboxylic acids is 2. The van der Waals surface area contributed by atoms with Gasteiger partial charge in [-0.2, -0.15) is 0 Å². The second kappa shape index (κ2) is 8.22. The van der Waals surface area contributed by atoms with Crippen molar-refractivity contribution in [1.29, 1.82) is 0 Å². The van der Waals surface area contributed by atoms with Gasteiger partial charge in [-0.1, -0.05) is 23.2 Å². The van der Waals surface area contributed by atoms with Gasteiger partial charge in [0.15, 0.2) is 0 Å². The van der Waals surface area contributed by atoms with Gasteiger partial charge in [-0.25, -0.2) is 0 Å². The van der Waals surface area contributed by atoms with Crippen LogP contribution in [0.5, 0.6) is 0 Å². The van der Waals surface area contributed by atoms with Crippen molar-refractivity contribution in [2.45, 2.75) is 19.9 Å². The molecule has 1 aromatic rings. The highest BCUT2D eigenvalue weighted by atomic mass is 35.5. The quantitative estimate of drug-likeness (QED) is 0.814. The molecule has 0 aliphatic heterocycles. The summed E-state index contributed by atoms with van der Waals surface area (Å²) >= 11 is 11.7. The third-order valence-corrected chi connectivity index (χ3v) is 3.62. The van der Waals surface area contributed by atoms with Gasteiger partial charge in [-0.05, 0) is 39.1 Å². The molecule has 0 saturated heterocycles. The zero-order chi connectivity index (χ0) is 16.0. The topological polar surface area (TPSA) is 58.6 Å². The minimum absolute atomic E-state index is 0.0558. The van der Waals surface area contributed by atoms with E-state index in [9.17, 15) is 9.59 Å². The van der Waals surface area contributed by atoms with Crippen LogP contribution in [0, 0.1) is 0 Å². The van der Waals surface area contributed by atoms with Crippen LogP contribution in [0.1, 0.15) is 13.8 Å². The number of hydrogen-bond donors (Lipinski definition) is 1. The van der Waals surface area contributed by atoms with Gasteiger partial charge >= 0.3 is 5.97 Å². The van der Waals surface area contributed by atoms with Gasteiger partial charge < -0.3 is 10.1 Å². The molecule has 0 spiro atoms. The summed E-state index contributed by atoms with van der Waals surface area (Å²) < 4.78 is 4.91. The Labute approximate surface area is 134 Å². The predicted octanol–water partition coefficient (Wildman–Crippen LogP) is 2.82. The summed E-state index contributed by atoms with van der Waals surface area (Å²) in [5, 5.41) is 3.47. The summed E-state index contributed by atoms with van der Waals surface area (Å²) in [5.41, 5.74) is 0.548. The van der Waals surface area contributed by atoms with E-state index in [4.69, 9.17) is 27.9 Å². The summed E-state index contributed by atoms with van der Waals surface area (Å²) in [6.07, 6.45) is 0. The molecule has 5 nitrogen and oxygen atoms in total. The van der Waals surface area contributed by atoms with Crippen LogP contribution in [0.3, 0.4) is 0 Å². The second-order valence-electron chi connectivity index (χ2n) is 4.52. The van der Waals surface area contributed by atoms with E-state index < -0.39 is 6.04 Å². The third-order valence-electron chi connectivity index (χ3n) is 2.89. The number of ether oxygens (including phenoxy) is 1. The molecule has 1 rings (SSSR count). The van der Waals surface area contributed by atoms with E-state index in [0.29, 0.717) is 22.3 Å². The number of esters is 1. The molecule has 0 heterocycles. The third kappa shape index (κ3) is 5.53. The summed E-state index contributed by atoms with van der Waals surface area (Å²) in [6.45, 7) is 3.79. The van der Waals surface area contributed by atoms with Crippen LogP contribution in [0.2, 0.25) is 10.0 Å². The molecule has 0 fully saturated rings. The Morgan fingerprint density at radius 2 is 2.00 bits per heavy atom. The molecule has 1 aromatic carbocycles. The van der Waals surface area contributed by atoms with Crippen molar-refractivity contribution in [2.75, 3.05) is 25.5 Å². The molecule has 21 heavy (non-hydrogen) atoms. The van der Waals surface area contributed by atoms with E-state index in [1.165, 1.54) is 0 Å². The molecule has 1 amide bonds. The summed E-state index contributed by atoms with van der Waals surface area (Å²) in [7, 11) is 1.68. The number of halogens is 2. The zero-order valence-electron chi connectivity index (χ0n) is 12.2. The first-order chi connectivity index (χ1) is 9.85. The van der Waals surface area contributed by atoms with Crippen molar-refractivity contribution >= 4 is 40.8 Å². The molecule has 0 radical (unpaired) electrons. The molecule has 1 atom stereocenters. The minimum Gasteiger partial charge on any atom is -0.465 e. The van der Waals surface area contributed by atoms with Gasteiger partial charge in [-0.3, -0.25) is 14.5 Å². The average molecular weight is 333 g/mol. The first kappa shape index (κ1) is 17.8. The zero-order valence-corrected chi connectivity index (χ0v) is 13.7. The lowest BCUT2D eigenvalue weighted by Crippen LogP contribution is -2.41. The van der Waals surface area contributed by atoms with Gasteiger partial charge in [0.2, 0.25) is 5.91 Å². The predicted molar refractivity (Wildman–Crippen MR) is 83.8 cm³/mol. The molecule has 0 aliphatic carbocycles. The van der Waals surface area contributed by atoms with E-state index in [1.807, 2.05) is 0 Å². The number of rotatable bonds is 6. The fraction of sp³-hybridized carbons (Fsp3) is 0.429. The Balaban J connectivity index is 2.56. The molecule has 1 unspecified atom stereocenters. The summed E-state index contributed by atoms with van der Waals surface area (Å²) in [6, 6.07) is 4.33. The number of hydrogen-bond acceptors (Lipinski definition) is 4. The molecular weight excluding hydrogens is 315 g/mol. The number of nitrogens with one attached hydrogen (secondary N) is 1. The Kier molecular flexibility index (Phi) is 6.95. The van der Waals surface area contributed by atoms with Gasteiger partial charge in [0.1, 0.15) is 6.04 Å². The van der Waals surface area contributed by atoms with Gasteiger partial charge in [-0.15, -0.1) is 0 Å². The molecule has 0 saturated carbocycles. The maximum atomic E-state index is 11.9. The standard InChI is InChI=1S/C14H18Cl2N2O3/c1-4-21-14(20)9(2)18(3)8-13(19)17-10-5-6-11(15)12(16)7-10/h5-7,9H,4,8H2,1-3H3,(H,17,19). The van der Waals surface area contributed by atoms with E-state index in [1.54, 1.807) is 44.0 Å². The smallest absolute Gasteiger partial charge is 0.323 e. The Hall–Kier alpha value is -1.30. The van der Waals surface area contributed by atoms with Gasteiger partial charge in [0, 0.05) is 5.69 Å². The first-order valence-corrected chi connectivity index (χ1v) is 7.22. The Bertz CT molecular complexity index is 523. The van der Waals surface area contributed by atoms with E-state index in [0.717, 1.165) is 0 Å². The second-order valence-corrected chi connectivity index (χ2v) is 5.33. The van der Waals surface area contributed by atoms with Crippen molar-refractivity contribution in [2.24, 2.45) is 0 Å². The van der Waals surface area contributed by atoms with Crippen LogP contribution in [-0.4, -0.2) is 43.0 Å². The number of likely N-dealkylation sites (N-methyl/N-ethyl adjacent to an activating group) is 1.